The van der Waals surface area contributed by atoms with E-state index in [1.165, 1.54) is 4.90 Å². The molecule has 2 aromatic rings. The highest BCUT2D eigenvalue weighted by Gasteiger charge is 2.09. The molecule has 2 nitrogen and oxygen atoms in total. The normalized spacial score (nSPS) is 10.4. The molecule has 0 spiro atoms. The van der Waals surface area contributed by atoms with E-state index in [-0.39, 0.29) is 0 Å². The van der Waals surface area contributed by atoms with Crippen molar-refractivity contribution < 1.29 is 0 Å². The fourth-order valence-electron chi connectivity index (χ4n) is 1.40. The molecule has 2 N–H and O–H groups in total. The van der Waals surface area contributed by atoms with Gasteiger partial charge in [0, 0.05) is 4.90 Å². The summed E-state index contributed by atoms with van der Waals surface area (Å²) >= 11 is 8.34. The molecule has 0 aliphatic rings. The van der Waals surface area contributed by atoms with Crippen molar-refractivity contribution in [1.29, 1.82) is 0 Å². The molecular weight excluding hydrogens is 268 g/mol. The second-order valence-electron chi connectivity index (χ2n) is 3.49. The molecule has 0 saturated carbocycles. The van der Waals surface area contributed by atoms with Crippen LogP contribution in [0.4, 0.5) is 0 Å². The highest BCUT2D eigenvalue weighted by Crippen LogP contribution is 2.26. The molecule has 0 radical (unpaired) electrons. The first-order valence-corrected chi connectivity index (χ1v) is 7.32. The largest absolute Gasteiger partial charge is 0.389 e. The topological polar surface area (TPSA) is 38.9 Å². The molecule has 5 heteroatoms. The molecule has 0 aliphatic heterocycles. The van der Waals surface area contributed by atoms with Gasteiger partial charge in [-0.1, -0.05) is 30.4 Å². The molecule has 0 bridgehead atoms. The van der Waals surface area contributed by atoms with Crippen molar-refractivity contribution in [3.8, 4) is 0 Å². The third-order valence-electron chi connectivity index (χ3n) is 2.17. The Balaban J connectivity index is 2.05. The highest BCUT2D eigenvalue weighted by atomic mass is 32.2. The number of thiazole rings is 1. The highest BCUT2D eigenvalue weighted by molar-refractivity contribution is 7.98. The Morgan fingerprint density at radius 1 is 1.41 bits per heavy atom. The minimum Gasteiger partial charge on any atom is -0.389 e. The van der Waals surface area contributed by atoms with Gasteiger partial charge in [0.15, 0.2) is 0 Å². The monoisotopic (exact) mass is 280 g/mol. The second kappa shape index (κ2) is 5.62. The average molecular weight is 280 g/mol. The van der Waals surface area contributed by atoms with E-state index < -0.39 is 0 Å². The number of aromatic nitrogens is 1. The summed E-state index contributed by atoms with van der Waals surface area (Å²) in [4.78, 5) is 7.10. The van der Waals surface area contributed by atoms with Crippen molar-refractivity contribution >= 4 is 40.3 Å². The molecule has 0 amide bonds. The van der Waals surface area contributed by atoms with E-state index in [0.29, 0.717) is 4.99 Å². The zero-order valence-corrected chi connectivity index (χ0v) is 11.8. The van der Waals surface area contributed by atoms with Crippen LogP contribution in [-0.2, 0) is 5.75 Å². The van der Waals surface area contributed by atoms with Crippen LogP contribution in [0.2, 0.25) is 0 Å². The minimum atomic E-state index is 0.441. The maximum atomic E-state index is 5.63. The van der Waals surface area contributed by atoms with Crippen LogP contribution in [0.1, 0.15) is 15.6 Å². The van der Waals surface area contributed by atoms with Crippen LogP contribution >= 0.6 is 35.3 Å². The van der Waals surface area contributed by atoms with E-state index in [0.717, 1.165) is 21.3 Å². The standard InChI is InChI=1S/C12H12N2S3/c1-8-11(12(13)15)17-10(14-8)7-16-9-5-3-2-4-6-9/h2-6H,7H2,1H3,(H2,13,15). The molecule has 0 saturated heterocycles. The summed E-state index contributed by atoms with van der Waals surface area (Å²) in [6.45, 7) is 1.95. The molecule has 17 heavy (non-hydrogen) atoms. The summed E-state index contributed by atoms with van der Waals surface area (Å²) in [5.74, 6) is 0.859. The molecule has 1 aromatic carbocycles. The second-order valence-corrected chi connectivity index (χ2v) is 6.06. The fraction of sp³-hybridized carbons (Fsp3) is 0.167. The Morgan fingerprint density at radius 3 is 2.71 bits per heavy atom. The predicted octanol–water partition coefficient (Wildman–Crippen LogP) is 3.38. The van der Waals surface area contributed by atoms with Gasteiger partial charge >= 0.3 is 0 Å². The third-order valence-corrected chi connectivity index (χ3v) is 4.90. The van der Waals surface area contributed by atoms with E-state index in [9.17, 15) is 0 Å². The third kappa shape index (κ3) is 3.28. The number of thiocarbonyl (C=S) groups is 1. The molecular formula is C12H12N2S3. The molecule has 1 aromatic heterocycles. The molecule has 88 valence electrons. The summed E-state index contributed by atoms with van der Waals surface area (Å²) in [6.07, 6.45) is 0. The van der Waals surface area contributed by atoms with Crippen LogP contribution in [0.3, 0.4) is 0 Å². The lowest BCUT2D eigenvalue weighted by molar-refractivity contribution is 1.18. The first-order valence-electron chi connectivity index (χ1n) is 5.11. The molecule has 0 aliphatic carbocycles. The lowest BCUT2D eigenvalue weighted by atomic mass is 10.4. The van der Waals surface area contributed by atoms with E-state index in [1.807, 2.05) is 25.1 Å². The van der Waals surface area contributed by atoms with Crippen molar-refractivity contribution in [2.24, 2.45) is 5.73 Å². The van der Waals surface area contributed by atoms with Crippen LogP contribution in [0.25, 0.3) is 0 Å². The maximum absolute atomic E-state index is 5.63. The summed E-state index contributed by atoms with van der Waals surface area (Å²) in [5.41, 5.74) is 6.57. The van der Waals surface area contributed by atoms with Crippen LogP contribution in [0, 0.1) is 6.92 Å². The Kier molecular flexibility index (Phi) is 4.15. The average Bonchev–Trinajstić information content (AvgIpc) is 2.69. The van der Waals surface area contributed by atoms with E-state index in [2.05, 4.69) is 17.1 Å². The molecule has 0 unspecified atom stereocenters. The molecule has 2 rings (SSSR count). The number of nitrogens with two attached hydrogens (primary N) is 1. The lowest BCUT2D eigenvalue weighted by Gasteiger charge is -1.97. The Labute approximate surface area is 114 Å². The SMILES string of the molecule is Cc1nc(CSc2ccccc2)sc1C(N)=S. The number of thioether (sulfide) groups is 1. The van der Waals surface area contributed by atoms with Crippen molar-refractivity contribution in [2.45, 2.75) is 17.6 Å². The predicted molar refractivity (Wildman–Crippen MR) is 78.7 cm³/mol. The quantitative estimate of drug-likeness (QED) is 0.688. The number of aryl methyl sites for hydroxylation is 1. The van der Waals surface area contributed by atoms with Gasteiger partial charge in [0.05, 0.1) is 16.3 Å². The fourth-order valence-corrected chi connectivity index (χ4v) is 3.51. The number of hydrogen-bond acceptors (Lipinski definition) is 4. The van der Waals surface area contributed by atoms with Gasteiger partial charge in [-0.15, -0.1) is 23.1 Å². The summed E-state index contributed by atoms with van der Waals surface area (Å²) in [7, 11) is 0. The van der Waals surface area contributed by atoms with Gasteiger partial charge in [-0.05, 0) is 19.1 Å². The Hall–Kier alpha value is -0.910. The number of hydrogen-bond donors (Lipinski definition) is 1. The lowest BCUT2D eigenvalue weighted by Crippen LogP contribution is -2.08. The maximum Gasteiger partial charge on any atom is 0.116 e. The molecule has 0 atom stereocenters. The first-order chi connectivity index (χ1) is 8.16. The number of benzene rings is 1. The van der Waals surface area contributed by atoms with Gasteiger partial charge in [0.25, 0.3) is 0 Å². The van der Waals surface area contributed by atoms with Gasteiger partial charge in [-0.3, -0.25) is 0 Å². The van der Waals surface area contributed by atoms with Crippen LogP contribution in [-0.4, -0.2) is 9.97 Å². The summed E-state index contributed by atoms with van der Waals surface area (Å²) in [6, 6.07) is 10.3. The number of nitrogens with zero attached hydrogens (tertiary/aromatic N) is 1. The zero-order chi connectivity index (χ0) is 12.3. The van der Waals surface area contributed by atoms with Crippen molar-refractivity contribution in [2.75, 3.05) is 0 Å². The van der Waals surface area contributed by atoms with Crippen molar-refractivity contribution in [3.05, 3.63) is 45.9 Å². The van der Waals surface area contributed by atoms with Gasteiger partial charge < -0.3 is 5.73 Å². The smallest absolute Gasteiger partial charge is 0.116 e. The Morgan fingerprint density at radius 2 is 2.12 bits per heavy atom. The Bertz CT molecular complexity index is 520. The molecule has 1 heterocycles. The zero-order valence-electron chi connectivity index (χ0n) is 9.34. The minimum absolute atomic E-state index is 0.441. The first kappa shape index (κ1) is 12.5. The summed E-state index contributed by atoms with van der Waals surface area (Å²) in [5, 5.41) is 1.07. The van der Waals surface area contributed by atoms with E-state index in [1.54, 1.807) is 23.1 Å². The van der Waals surface area contributed by atoms with Gasteiger partial charge in [0.1, 0.15) is 10.00 Å². The van der Waals surface area contributed by atoms with Crippen molar-refractivity contribution in [1.82, 2.24) is 4.98 Å². The van der Waals surface area contributed by atoms with Gasteiger partial charge in [-0.25, -0.2) is 4.98 Å². The van der Waals surface area contributed by atoms with Crippen molar-refractivity contribution in [3.63, 3.8) is 0 Å². The van der Waals surface area contributed by atoms with Crippen LogP contribution < -0.4 is 5.73 Å². The van der Waals surface area contributed by atoms with E-state index >= 15 is 0 Å². The summed E-state index contributed by atoms with van der Waals surface area (Å²) < 4.78 is 0. The van der Waals surface area contributed by atoms with Gasteiger partial charge in [-0.2, -0.15) is 0 Å². The molecule has 0 fully saturated rings. The van der Waals surface area contributed by atoms with Crippen LogP contribution in [0.15, 0.2) is 35.2 Å². The van der Waals surface area contributed by atoms with Gasteiger partial charge in [0.2, 0.25) is 0 Å². The van der Waals surface area contributed by atoms with E-state index in [4.69, 9.17) is 18.0 Å². The number of rotatable bonds is 4. The van der Waals surface area contributed by atoms with Crippen LogP contribution in [0.5, 0.6) is 0 Å².